The maximum atomic E-state index is 5.91. The quantitative estimate of drug-likeness (QED) is 0.677. The van der Waals surface area contributed by atoms with E-state index < -0.39 is 0 Å². The van der Waals surface area contributed by atoms with Gasteiger partial charge in [-0.15, -0.1) is 11.3 Å². The smallest absolute Gasteiger partial charge is 0.179 e. The number of imidazole rings is 1. The molecule has 3 nitrogen and oxygen atoms in total. The lowest BCUT2D eigenvalue weighted by molar-refractivity contribution is 1.31. The molecule has 0 aliphatic carbocycles. The van der Waals surface area contributed by atoms with Gasteiger partial charge in [0, 0.05) is 4.88 Å². The van der Waals surface area contributed by atoms with Gasteiger partial charge in [0.05, 0.1) is 15.4 Å². The van der Waals surface area contributed by atoms with Gasteiger partial charge in [-0.25, -0.2) is 9.97 Å². The number of aryl methyl sites for hydroxylation is 1. The number of halogens is 2. The number of fused-ring (bicyclic) bond motifs is 1. The third-order valence-corrected chi connectivity index (χ3v) is 4.04. The van der Waals surface area contributed by atoms with Crippen LogP contribution in [0.5, 0.6) is 0 Å². The van der Waals surface area contributed by atoms with Gasteiger partial charge in [-0.05, 0) is 25.1 Å². The third kappa shape index (κ3) is 1.92. The van der Waals surface area contributed by atoms with E-state index >= 15 is 0 Å². The summed E-state index contributed by atoms with van der Waals surface area (Å²) in [5, 5.41) is 0.705. The first-order valence-corrected chi connectivity index (χ1v) is 6.49. The van der Waals surface area contributed by atoms with E-state index in [1.807, 2.05) is 6.07 Å². The Morgan fingerprint density at radius 1 is 1.24 bits per heavy atom. The Balaban J connectivity index is 2.19. The number of pyridine rings is 1. The van der Waals surface area contributed by atoms with E-state index in [-0.39, 0.29) is 5.15 Å². The molecule has 6 heteroatoms. The predicted molar refractivity (Wildman–Crippen MR) is 72.0 cm³/mol. The summed E-state index contributed by atoms with van der Waals surface area (Å²) < 4.78 is 0. The predicted octanol–water partition coefficient (Wildman–Crippen LogP) is 4.30. The molecule has 0 aliphatic rings. The number of H-pyrrole nitrogens is 1. The Kier molecular flexibility index (Phi) is 2.58. The lowest BCUT2D eigenvalue weighted by Gasteiger charge is -1.92. The molecule has 0 aliphatic heterocycles. The summed E-state index contributed by atoms with van der Waals surface area (Å²) in [4.78, 5) is 14.0. The van der Waals surface area contributed by atoms with Crippen LogP contribution in [0.25, 0.3) is 21.9 Å². The summed E-state index contributed by atoms with van der Waals surface area (Å²) in [6.07, 6.45) is 0. The number of hydrogen-bond acceptors (Lipinski definition) is 3. The fourth-order valence-electron chi connectivity index (χ4n) is 1.57. The van der Waals surface area contributed by atoms with Gasteiger partial charge in [0.2, 0.25) is 0 Å². The van der Waals surface area contributed by atoms with Gasteiger partial charge in [0.25, 0.3) is 0 Å². The molecule has 0 bridgehead atoms. The molecule has 0 saturated heterocycles. The van der Waals surface area contributed by atoms with Crippen molar-refractivity contribution >= 4 is 45.7 Å². The fourth-order valence-corrected chi connectivity index (χ4v) is 2.67. The maximum Gasteiger partial charge on any atom is 0.179 e. The van der Waals surface area contributed by atoms with E-state index in [4.69, 9.17) is 23.2 Å². The molecule has 0 radical (unpaired) electrons. The zero-order chi connectivity index (χ0) is 12.0. The van der Waals surface area contributed by atoms with Gasteiger partial charge in [-0.1, -0.05) is 23.2 Å². The van der Waals surface area contributed by atoms with Crippen LogP contribution in [0.2, 0.25) is 10.2 Å². The summed E-state index contributed by atoms with van der Waals surface area (Å²) in [5.41, 5.74) is 1.38. The molecule has 0 spiro atoms. The van der Waals surface area contributed by atoms with Crippen LogP contribution in [0.3, 0.4) is 0 Å². The lowest BCUT2D eigenvalue weighted by Crippen LogP contribution is -1.79. The minimum Gasteiger partial charge on any atom is -0.336 e. The van der Waals surface area contributed by atoms with Crippen LogP contribution in [0.15, 0.2) is 18.2 Å². The van der Waals surface area contributed by atoms with E-state index in [1.165, 1.54) is 4.88 Å². The van der Waals surface area contributed by atoms with E-state index in [0.717, 1.165) is 16.2 Å². The molecule has 3 rings (SSSR count). The maximum absolute atomic E-state index is 5.91. The van der Waals surface area contributed by atoms with Crippen molar-refractivity contribution in [2.45, 2.75) is 6.92 Å². The van der Waals surface area contributed by atoms with Crippen LogP contribution < -0.4 is 0 Å². The average Bonchev–Trinajstić information content (AvgIpc) is 2.85. The van der Waals surface area contributed by atoms with Gasteiger partial charge in [0.1, 0.15) is 5.15 Å². The average molecular weight is 284 g/mol. The zero-order valence-corrected chi connectivity index (χ0v) is 11.1. The number of rotatable bonds is 1. The first-order chi connectivity index (χ1) is 8.13. The Hall–Kier alpha value is -1.10. The molecule has 3 aromatic rings. The van der Waals surface area contributed by atoms with Crippen LogP contribution in [0.4, 0.5) is 0 Å². The van der Waals surface area contributed by atoms with Crippen molar-refractivity contribution in [3.63, 3.8) is 0 Å². The molecule has 17 heavy (non-hydrogen) atoms. The summed E-state index contributed by atoms with van der Waals surface area (Å²) in [6, 6.07) is 5.82. The summed E-state index contributed by atoms with van der Waals surface area (Å²) in [7, 11) is 0. The molecule has 0 fully saturated rings. The normalized spacial score (nSPS) is 11.2. The number of thiophene rings is 1. The molecule has 3 heterocycles. The van der Waals surface area contributed by atoms with Gasteiger partial charge in [-0.2, -0.15) is 0 Å². The Morgan fingerprint density at radius 3 is 2.76 bits per heavy atom. The monoisotopic (exact) mass is 283 g/mol. The van der Waals surface area contributed by atoms with Crippen molar-refractivity contribution in [3.8, 4) is 10.7 Å². The van der Waals surface area contributed by atoms with Crippen molar-refractivity contribution in [2.24, 2.45) is 0 Å². The Morgan fingerprint density at radius 2 is 2.06 bits per heavy atom. The molecule has 0 amide bonds. The van der Waals surface area contributed by atoms with Crippen LogP contribution in [-0.4, -0.2) is 15.0 Å². The number of nitrogens with zero attached hydrogens (tertiary/aromatic N) is 2. The van der Waals surface area contributed by atoms with Crippen molar-refractivity contribution in [3.05, 3.63) is 33.3 Å². The van der Waals surface area contributed by atoms with Gasteiger partial charge >= 0.3 is 0 Å². The topological polar surface area (TPSA) is 41.6 Å². The molecule has 0 saturated carbocycles. The SMILES string of the molecule is Cc1ccc(-c2nc3nc(Cl)c(Cl)cc3[nH]2)s1. The fraction of sp³-hybridized carbons (Fsp3) is 0.0909. The van der Waals surface area contributed by atoms with Gasteiger partial charge in [0.15, 0.2) is 11.5 Å². The molecular formula is C11H7Cl2N3S. The second kappa shape index (κ2) is 3.98. The zero-order valence-electron chi connectivity index (χ0n) is 8.79. The van der Waals surface area contributed by atoms with Crippen molar-refractivity contribution in [1.29, 1.82) is 0 Å². The van der Waals surface area contributed by atoms with Crippen molar-refractivity contribution in [1.82, 2.24) is 15.0 Å². The number of nitrogens with one attached hydrogen (secondary N) is 1. The summed E-state index contributed by atoms with van der Waals surface area (Å²) in [6.45, 7) is 2.06. The van der Waals surface area contributed by atoms with Crippen molar-refractivity contribution < 1.29 is 0 Å². The molecule has 0 aromatic carbocycles. The minimum absolute atomic E-state index is 0.277. The molecule has 86 valence electrons. The number of hydrogen-bond donors (Lipinski definition) is 1. The Bertz CT molecular complexity index is 663. The molecule has 1 N–H and O–H groups in total. The van der Waals surface area contributed by atoms with E-state index in [1.54, 1.807) is 17.4 Å². The molecule has 0 atom stereocenters. The highest BCUT2D eigenvalue weighted by Gasteiger charge is 2.10. The second-order valence-electron chi connectivity index (χ2n) is 3.63. The summed E-state index contributed by atoms with van der Waals surface area (Å²) >= 11 is 13.4. The molecule has 3 aromatic heterocycles. The summed E-state index contributed by atoms with van der Waals surface area (Å²) in [5.74, 6) is 0.795. The third-order valence-electron chi connectivity index (χ3n) is 2.36. The largest absolute Gasteiger partial charge is 0.336 e. The first kappa shape index (κ1) is 11.0. The van der Waals surface area contributed by atoms with Gasteiger partial charge < -0.3 is 4.98 Å². The molecular weight excluding hydrogens is 277 g/mol. The second-order valence-corrected chi connectivity index (χ2v) is 5.68. The van der Waals surface area contributed by atoms with E-state index in [2.05, 4.69) is 27.9 Å². The number of aromatic nitrogens is 3. The van der Waals surface area contributed by atoms with Crippen LogP contribution in [0, 0.1) is 6.92 Å². The van der Waals surface area contributed by atoms with E-state index in [0.29, 0.717) is 10.7 Å². The van der Waals surface area contributed by atoms with Crippen LogP contribution >= 0.6 is 34.5 Å². The van der Waals surface area contributed by atoms with Gasteiger partial charge in [-0.3, -0.25) is 0 Å². The molecule has 0 unspecified atom stereocenters. The van der Waals surface area contributed by atoms with E-state index in [9.17, 15) is 0 Å². The minimum atomic E-state index is 0.277. The van der Waals surface area contributed by atoms with Crippen molar-refractivity contribution in [2.75, 3.05) is 0 Å². The lowest BCUT2D eigenvalue weighted by atomic mass is 10.4. The van der Waals surface area contributed by atoms with Crippen LogP contribution in [-0.2, 0) is 0 Å². The first-order valence-electron chi connectivity index (χ1n) is 4.92. The highest BCUT2D eigenvalue weighted by atomic mass is 35.5. The van der Waals surface area contributed by atoms with Crippen LogP contribution in [0.1, 0.15) is 4.88 Å². The standard InChI is InChI=1S/C11H7Cl2N3S/c1-5-2-3-8(17-5)11-14-7-4-6(12)9(13)15-10(7)16-11/h2-4H,1H3,(H,14,15,16). The number of aromatic amines is 1. The Labute approximate surface area is 111 Å². The highest BCUT2D eigenvalue weighted by molar-refractivity contribution is 7.15. The highest BCUT2D eigenvalue weighted by Crippen LogP contribution is 2.29.